The largest absolute Gasteiger partial charge is 0.464 e. The van der Waals surface area contributed by atoms with E-state index in [1.807, 2.05) is 27.7 Å². The minimum absolute atomic E-state index is 0.153. The van der Waals surface area contributed by atoms with E-state index in [9.17, 15) is 9.59 Å². The summed E-state index contributed by atoms with van der Waals surface area (Å²) in [5, 5.41) is 1.19. The number of rotatable bonds is 5. The lowest BCUT2D eigenvalue weighted by Gasteiger charge is -2.28. The monoisotopic (exact) mass is 301 g/mol. The Kier molecular flexibility index (Phi) is 7.21. The molecule has 0 saturated carbocycles. The molecule has 0 aromatic carbocycles. The van der Waals surface area contributed by atoms with Crippen molar-refractivity contribution in [3.63, 3.8) is 0 Å². The molecule has 0 radical (unpaired) electrons. The molecular weight excluding hydrogens is 274 g/mol. The standard InChI is InChI=1S/C14H27N3O4/c1-10(16(5)13(19)21-14(2,3)4)8-9-11(17(6)15)12(18)20-7/h9-10H,8,15H2,1-7H3. The van der Waals surface area contributed by atoms with E-state index in [0.717, 1.165) is 0 Å². The third-order valence-corrected chi connectivity index (χ3v) is 2.77. The molecule has 0 aliphatic heterocycles. The number of amides is 1. The lowest BCUT2D eigenvalue weighted by atomic mass is 10.2. The Labute approximate surface area is 126 Å². The highest BCUT2D eigenvalue weighted by atomic mass is 16.6. The van der Waals surface area contributed by atoms with Gasteiger partial charge in [-0.1, -0.05) is 6.08 Å². The summed E-state index contributed by atoms with van der Waals surface area (Å²) in [5.74, 6) is 5.06. The van der Waals surface area contributed by atoms with Crippen LogP contribution in [0.25, 0.3) is 0 Å². The molecule has 7 nitrogen and oxygen atoms in total. The minimum atomic E-state index is -0.546. The number of hydrogen-bond donors (Lipinski definition) is 1. The summed E-state index contributed by atoms with van der Waals surface area (Å²) in [4.78, 5) is 24.9. The zero-order valence-corrected chi connectivity index (χ0v) is 14.0. The summed E-state index contributed by atoms with van der Waals surface area (Å²) in [6.45, 7) is 7.28. The van der Waals surface area contributed by atoms with Gasteiger partial charge in [0.1, 0.15) is 11.3 Å². The van der Waals surface area contributed by atoms with Crippen molar-refractivity contribution in [3.05, 3.63) is 11.8 Å². The Bertz CT molecular complexity index is 400. The number of carbonyl (C=O) groups is 2. The van der Waals surface area contributed by atoms with Crippen molar-refractivity contribution in [2.45, 2.75) is 45.8 Å². The van der Waals surface area contributed by atoms with Crippen LogP contribution in [0, 0.1) is 0 Å². The number of nitrogens with two attached hydrogens (primary N) is 1. The fourth-order valence-corrected chi connectivity index (χ4v) is 1.43. The maximum absolute atomic E-state index is 11.9. The number of methoxy groups -OCH3 is 1. The SMILES string of the molecule is COC(=O)C(=CCC(C)N(C)C(=O)OC(C)(C)C)N(C)N. The molecule has 0 aromatic heterocycles. The zero-order valence-electron chi connectivity index (χ0n) is 14.0. The van der Waals surface area contributed by atoms with Gasteiger partial charge in [-0.2, -0.15) is 0 Å². The Balaban J connectivity index is 4.76. The number of hydrogen-bond acceptors (Lipinski definition) is 6. The molecule has 0 rings (SSSR count). The lowest BCUT2D eigenvalue weighted by molar-refractivity contribution is -0.137. The van der Waals surface area contributed by atoms with Gasteiger partial charge in [0, 0.05) is 20.1 Å². The number of likely N-dealkylation sites (N-methyl/N-ethyl adjacent to an activating group) is 1. The molecule has 2 N–H and O–H groups in total. The maximum Gasteiger partial charge on any atom is 0.410 e. The van der Waals surface area contributed by atoms with Gasteiger partial charge in [0.15, 0.2) is 0 Å². The summed E-state index contributed by atoms with van der Waals surface area (Å²) in [6, 6.07) is -0.153. The first-order valence-corrected chi connectivity index (χ1v) is 6.72. The van der Waals surface area contributed by atoms with Crippen LogP contribution in [-0.2, 0) is 14.3 Å². The molecule has 0 bridgehead atoms. The average Bonchev–Trinajstić information content (AvgIpc) is 2.34. The van der Waals surface area contributed by atoms with E-state index in [4.69, 9.17) is 10.6 Å². The topological polar surface area (TPSA) is 85.1 Å². The van der Waals surface area contributed by atoms with E-state index in [2.05, 4.69) is 4.74 Å². The van der Waals surface area contributed by atoms with Gasteiger partial charge in [-0.15, -0.1) is 0 Å². The molecule has 0 saturated heterocycles. The maximum atomic E-state index is 11.9. The predicted octanol–water partition coefficient (Wildman–Crippen LogP) is 1.49. The second-order valence-electron chi connectivity index (χ2n) is 5.87. The predicted molar refractivity (Wildman–Crippen MR) is 80.1 cm³/mol. The molecule has 7 heteroatoms. The van der Waals surface area contributed by atoms with E-state index >= 15 is 0 Å². The quantitative estimate of drug-likeness (QED) is 0.358. The van der Waals surface area contributed by atoms with E-state index in [1.54, 1.807) is 20.2 Å². The van der Waals surface area contributed by atoms with Crippen molar-refractivity contribution in [3.8, 4) is 0 Å². The van der Waals surface area contributed by atoms with Gasteiger partial charge in [0.2, 0.25) is 0 Å². The summed E-state index contributed by atoms with van der Waals surface area (Å²) in [7, 11) is 4.48. The van der Waals surface area contributed by atoms with Crippen LogP contribution in [0.15, 0.2) is 11.8 Å². The number of carbonyl (C=O) groups excluding carboxylic acids is 2. The molecular formula is C14H27N3O4. The molecule has 0 aromatic rings. The van der Waals surface area contributed by atoms with Gasteiger partial charge in [0.05, 0.1) is 7.11 Å². The first-order valence-electron chi connectivity index (χ1n) is 6.72. The molecule has 122 valence electrons. The van der Waals surface area contributed by atoms with Gasteiger partial charge in [0.25, 0.3) is 0 Å². The zero-order chi connectivity index (χ0) is 16.8. The van der Waals surface area contributed by atoms with Crippen molar-refractivity contribution < 1.29 is 19.1 Å². The van der Waals surface area contributed by atoms with Gasteiger partial charge >= 0.3 is 12.1 Å². The molecule has 21 heavy (non-hydrogen) atoms. The van der Waals surface area contributed by atoms with Crippen LogP contribution < -0.4 is 5.84 Å². The smallest absolute Gasteiger partial charge is 0.410 e. The van der Waals surface area contributed by atoms with Crippen LogP contribution in [-0.4, -0.2) is 54.8 Å². The molecule has 0 spiro atoms. The number of ether oxygens (including phenoxy) is 2. The van der Waals surface area contributed by atoms with E-state index in [0.29, 0.717) is 6.42 Å². The highest BCUT2D eigenvalue weighted by Crippen LogP contribution is 2.13. The highest BCUT2D eigenvalue weighted by Gasteiger charge is 2.23. The minimum Gasteiger partial charge on any atom is -0.464 e. The average molecular weight is 301 g/mol. The molecule has 0 aliphatic rings. The third kappa shape index (κ3) is 6.99. The summed E-state index contributed by atoms with van der Waals surface area (Å²) >= 11 is 0. The Morgan fingerprint density at radius 3 is 2.19 bits per heavy atom. The molecule has 1 amide bonds. The van der Waals surface area contributed by atoms with Crippen LogP contribution in [0.1, 0.15) is 34.1 Å². The van der Waals surface area contributed by atoms with Gasteiger partial charge in [-0.05, 0) is 34.1 Å². The normalized spacial score (nSPS) is 13.4. The number of nitrogens with zero attached hydrogens (tertiary/aromatic N) is 2. The van der Waals surface area contributed by atoms with Crippen molar-refractivity contribution in [2.75, 3.05) is 21.2 Å². The van der Waals surface area contributed by atoms with Crippen LogP contribution in [0.2, 0.25) is 0 Å². The third-order valence-electron chi connectivity index (χ3n) is 2.77. The molecule has 1 atom stereocenters. The number of esters is 1. The first kappa shape index (κ1) is 19.2. The van der Waals surface area contributed by atoms with Crippen molar-refractivity contribution >= 4 is 12.1 Å². The summed E-state index contributed by atoms with van der Waals surface area (Å²) < 4.78 is 9.93. The van der Waals surface area contributed by atoms with Gasteiger partial charge < -0.3 is 19.4 Å². The van der Waals surface area contributed by atoms with Crippen molar-refractivity contribution in [1.82, 2.24) is 9.91 Å². The Morgan fingerprint density at radius 1 is 1.29 bits per heavy atom. The summed E-state index contributed by atoms with van der Waals surface area (Å²) in [5.41, 5.74) is -0.308. The molecule has 0 aliphatic carbocycles. The van der Waals surface area contributed by atoms with Crippen LogP contribution in [0.4, 0.5) is 4.79 Å². The second-order valence-corrected chi connectivity index (χ2v) is 5.87. The van der Waals surface area contributed by atoms with E-state index in [1.165, 1.54) is 17.0 Å². The fraction of sp³-hybridized carbons (Fsp3) is 0.714. The molecule has 0 fully saturated rings. The van der Waals surface area contributed by atoms with Crippen LogP contribution in [0.5, 0.6) is 0 Å². The Hall–Kier alpha value is -1.76. The Morgan fingerprint density at radius 2 is 1.81 bits per heavy atom. The molecule has 1 unspecified atom stereocenters. The number of hydrazine groups is 1. The van der Waals surface area contributed by atoms with Crippen molar-refractivity contribution in [2.24, 2.45) is 5.84 Å². The van der Waals surface area contributed by atoms with Crippen LogP contribution >= 0.6 is 0 Å². The van der Waals surface area contributed by atoms with Crippen molar-refractivity contribution in [1.29, 1.82) is 0 Å². The highest BCUT2D eigenvalue weighted by molar-refractivity contribution is 5.87. The van der Waals surface area contributed by atoms with E-state index < -0.39 is 17.7 Å². The van der Waals surface area contributed by atoms with Crippen LogP contribution in [0.3, 0.4) is 0 Å². The lowest BCUT2D eigenvalue weighted by Crippen LogP contribution is -2.39. The molecule has 0 heterocycles. The summed E-state index contributed by atoms with van der Waals surface area (Å²) in [6.07, 6.45) is 1.67. The van der Waals surface area contributed by atoms with Gasteiger partial charge in [-0.25, -0.2) is 15.4 Å². The van der Waals surface area contributed by atoms with Gasteiger partial charge in [-0.3, -0.25) is 0 Å². The van der Waals surface area contributed by atoms with E-state index in [-0.39, 0.29) is 11.7 Å². The first-order chi connectivity index (χ1) is 9.49. The fourth-order valence-electron chi connectivity index (χ4n) is 1.43. The second kappa shape index (κ2) is 7.87.